The summed E-state index contributed by atoms with van der Waals surface area (Å²) in [5.41, 5.74) is 2.41. The number of hydrogen-bond donors (Lipinski definition) is 2. The largest absolute Gasteiger partial charge is 0.481 e. The van der Waals surface area contributed by atoms with Crippen molar-refractivity contribution in [3.8, 4) is 5.75 Å². The number of amides is 2. The Morgan fingerprint density at radius 2 is 1.54 bits per heavy atom. The Kier molecular flexibility index (Phi) is 7.61. The van der Waals surface area contributed by atoms with Gasteiger partial charge < -0.3 is 15.4 Å². The Hall–Kier alpha value is -2.82. The van der Waals surface area contributed by atoms with Gasteiger partial charge in [0.05, 0.1) is 0 Å². The molecule has 150 valence electrons. The number of carbonyl (C=O) groups excluding carboxylic acids is 2. The lowest BCUT2D eigenvalue weighted by Crippen LogP contribution is -2.32. The van der Waals surface area contributed by atoms with Crippen LogP contribution in [0.3, 0.4) is 0 Å². The van der Waals surface area contributed by atoms with Crippen LogP contribution in [0.15, 0.2) is 48.5 Å². The fraction of sp³-hybridized carbons (Fsp3) is 0.391. The molecule has 28 heavy (non-hydrogen) atoms. The molecular weight excluding hydrogens is 352 g/mol. The van der Waals surface area contributed by atoms with Gasteiger partial charge in [-0.15, -0.1) is 0 Å². The molecule has 5 nitrogen and oxygen atoms in total. The van der Waals surface area contributed by atoms with Gasteiger partial charge in [-0.1, -0.05) is 32.9 Å². The highest BCUT2D eigenvalue weighted by Gasteiger charge is 2.15. The minimum Gasteiger partial charge on any atom is -0.481 e. The number of carbonyl (C=O) groups is 2. The molecule has 0 radical (unpaired) electrons. The Morgan fingerprint density at radius 3 is 2.07 bits per heavy atom. The summed E-state index contributed by atoms with van der Waals surface area (Å²) in [6.45, 7) is 9.95. The molecule has 0 aliphatic heterocycles. The second-order valence-electron chi connectivity index (χ2n) is 7.33. The van der Waals surface area contributed by atoms with Gasteiger partial charge in [0.1, 0.15) is 5.75 Å². The molecule has 0 saturated heterocycles. The maximum Gasteiger partial charge on any atom is 0.265 e. The van der Waals surface area contributed by atoms with E-state index in [4.69, 9.17) is 4.74 Å². The van der Waals surface area contributed by atoms with Crippen LogP contribution in [0.2, 0.25) is 0 Å². The number of hydrogen-bond acceptors (Lipinski definition) is 3. The molecule has 5 heteroatoms. The molecule has 2 unspecified atom stereocenters. The first-order chi connectivity index (χ1) is 13.3. The summed E-state index contributed by atoms with van der Waals surface area (Å²) in [4.78, 5) is 24.5. The lowest BCUT2D eigenvalue weighted by Gasteiger charge is -2.16. The van der Waals surface area contributed by atoms with Crippen LogP contribution in [-0.2, 0) is 4.79 Å². The van der Waals surface area contributed by atoms with Gasteiger partial charge in [-0.2, -0.15) is 0 Å². The molecule has 0 aliphatic carbocycles. The number of rotatable bonds is 8. The molecule has 0 aliphatic rings. The Bertz CT molecular complexity index is 782. The third kappa shape index (κ3) is 6.12. The number of nitrogens with one attached hydrogen (secondary N) is 2. The minimum atomic E-state index is -0.640. The Balaban J connectivity index is 1.91. The third-order valence-electron chi connectivity index (χ3n) is 4.63. The predicted octanol–water partition coefficient (Wildman–Crippen LogP) is 4.74. The van der Waals surface area contributed by atoms with Crippen LogP contribution < -0.4 is 15.4 Å². The van der Waals surface area contributed by atoms with E-state index in [0.717, 1.165) is 6.42 Å². The number of ether oxygens (including phenoxy) is 1. The monoisotopic (exact) mass is 382 g/mol. The van der Waals surface area contributed by atoms with E-state index in [9.17, 15) is 9.59 Å². The Morgan fingerprint density at radius 1 is 0.929 bits per heavy atom. The van der Waals surface area contributed by atoms with Gasteiger partial charge >= 0.3 is 0 Å². The molecule has 2 N–H and O–H groups in total. The highest BCUT2D eigenvalue weighted by Crippen LogP contribution is 2.20. The predicted molar refractivity (Wildman–Crippen MR) is 113 cm³/mol. The fourth-order valence-electron chi connectivity index (χ4n) is 2.55. The molecule has 0 aromatic heterocycles. The summed E-state index contributed by atoms with van der Waals surface area (Å²) in [5, 5.41) is 5.73. The van der Waals surface area contributed by atoms with E-state index >= 15 is 0 Å². The summed E-state index contributed by atoms with van der Waals surface area (Å²) in [5.74, 6) is 0.743. The van der Waals surface area contributed by atoms with Crippen molar-refractivity contribution in [3.05, 3.63) is 59.7 Å². The van der Waals surface area contributed by atoms with Gasteiger partial charge in [0.15, 0.2) is 6.10 Å². The molecule has 2 amide bonds. The first-order valence-electron chi connectivity index (χ1n) is 9.78. The standard InChI is InChI=1S/C23H30N2O3/c1-6-16(4)24-23(27)19-7-11-20(12-8-19)25-22(26)17(5)28-21-13-9-18(10-14-21)15(2)3/h7-17H,6H2,1-5H3,(H,24,27)(H,25,26). The van der Waals surface area contributed by atoms with Gasteiger partial charge in [0, 0.05) is 17.3 Å². The second kappa shape index (κ2) is 9.93. The molecule has 2 aromatic carbocycles. The fourth-order valence-corrected chi connectivity index (χ4v) is 2.55. The highest BCUT2D eigenvalue weighted by atomic mass is 16.5. The van der Waals surface area contributed by atoms with Gasteiger partial charge in [-0.3, -0.25) is 9.59 Å². The second-order valence-corrected chi connectivity index (χ2v) is 7.33. The van der Waals surface area contributed by atoms with E-state index in [1.807, 2.05) is 38.1 Å². The maximum atomic E-state index is 12.4. The van der Waals surface area contributed by atoms with Crippen molar-refractivity contribution < 1.29 is 14.3 Å². The summed E-state index contributed by atoms with van der Waals surface area (Å²) in [6, 6.07) is 14.7. The maximum absolute atomic E-state index is 12.4. The van der Waals surface area contributed by atoms with Crippen LogP contribution >= 0.6 is 0 Å². The van der Waals surface area contributed by atoms with Crippen molar-refractivity contribution in [2.75, 3.05) is 5.32 Å². The zero-order valence-electron chi connectivity index (χ0n) is 17.3. The van der Waals surface area contributed by atoms with Crippen LogP contribution in [0, 0.1) is 0 Å². The van der Waals surface area contributed by atoms with Crippen LogP contribution in [0.1, 0.15) is 62.9 Å². The van der Waals surface area contributed by atoms with Crippen molar-refractivity contribution in [2.24, 2.45) is 0 Å². The van der Waals surface area contributed by atoms with Crippen molar-refractivity contribution in [1.82, 2.24) is 5.32 Å². The van der Waals surface area contributed by atoms with E-state index in [-0.39, 0.29) is 17.9 Å². The molecule has 0 fully saturated rings. The minimum absolute atomic E-state index is 0.117. The zero-order valence-corrected chi connectivity index (χ0v) is 17.3. The summed E-state index contributed by atoms with van der Waals surface area (Å²) in [7, 11) is 0. The third-order valence-corrected chi connectivity index (χ3v) is 4.63. The smallest absolute Gasteiger partial charge is 0.265 e. The topological polar surface area (TPSA) is 67.4 Å². The number of anilines is 1. The van der Waals surface area contributed by atoms with E-state index in [1.54, 1.807) is 31.2 Å². The lowest BCUT2D eigenvalue weighted by atomic mass is 10.0. The normalized spacial score (nSPS) is 12.9. The van der Waals surface area contributed by atoms with Gasteiger partial charge in [0.25, 0.3) is 11.8 Å². The quantitative estimate of drug-likeness (QED) is 0.693. The van der Waals surface area contributed by atoms with Crippen molar-refractivity contribution >= 4 is 17.5 Å². The van der Waals surface area contributed by atoms with Crippen molar-refractivity contribution in [2.45, 2.75) is 59.1 Å². The molecule has 2 aromatic rings. The van der Waals surface area contributed by atoms with Gasteiger partial charge in [-0.25, -0.2) is 0 Å². The first-order valence-corrected chi connectivity index (χ1v) is 9.78. The number of benzene rings is 2. The average Bonchev–Trinajstić information content (AvgIpc) is 2.68. The summed E-state index contributed by atoms with van der Waals surface area (Å²) in [6.07, 6.45) is 0.233. The molecule has 2 atom stereocenters. The molecule has 2 rings (SSSR count). The lowest BCUT2D eigenvalue weighted by molar-refractivity contribution is -0.122. The van der Waals surface area contributed by atoms with Gasteiger partial charge in [-0.05, 0) is 68.1 Å². The van der Waals surface area contributed by atoms with Crippen LogP contribution in [-0.4, -0.2) is 24.0 Å². The highest BCUT2D eigenvalue weighted by molar-refractivity contribution is 5.96. The average molecular weight is 383 g/mol. The Labute approximate surface area is 167 Å². The summed E-state index contributed by atoms with van der Waals surface area (Å²) >= 11 is 0. The first kappa shape index (κ1) is 21.5. The van der Waals surface area contributed by atoms with Gasteiger partial charge in [0.2, 0.25) is 0 Å². The zero-order chi connectivity index (χ0) is 20.7. The molecule has 0 heterocycles. The molecule has 0 bridgehead atoms. The molecular formula is C23H30N2O3. The van der Waals surface area contributed by atoms with E-state index in [2.05, 4.69) is 24.5 Å². The van der Waals surface area contributed by atoms with E-state index in [1.165, 1.54) is 5.56 Å². The van der Waals surface area contributed by atoms with Crippen LogP contribution in [0.5, 0.6) is 5.75 Å². The van der Waals surface area contributed by atoms with Crippen LogP contribution in [0.4, 0.5) is 5.69 Å². The SMILES string of the molecule is CCC(C)NC(=O)c1ccc(NC(=O)C(C)Oc2ccc(C(C)C)cc2)cc1. The van der Waals surface area contributed by atoms with Crippen molar-refractivity contribution in [1.29, 1.82) is 0 Å². The van der Waals surface area contributed by atoms with Crippen molar-refractivity contribution in [3.63, 3.8) is 0 Å². The van der Waals surface area contributed by atoms with Crippen LogP contribution in [0.25, 0.3) is 0 Å². The summed E-state index contributed by atoms with van der Waals surface area (Å²) < 4.78 is 5.72. The molecule has 0 saturated carbocycles. The van der Waals surface area contributed by atoms with E-state index < -0.39 is 6.10 Å². The van der Waals surface area contributed by atoms with E-state index in [0.29, 0.717) is 22.9 Å². The molecule has 0 spiro atoms.